The van der Waals surface area contributed by atoms with E-state index >= 15 is 0 Å². The summed E-state index contributed by atoms with van der Waals surface area (Å²) in [7, 11) is 1.89. The molecular weight excluding hydrogens is 300 g/mol. The number of carbonyl (C=O) groups is 1. The Hall–Kier alpha value is -2.02. The van der Waals surface area contributed by atoms with Gasteiger partial charge in [0.05, 0.1) is 6.61 Å². The minimum Gasteiger partial charge on any atom is -0.493 e. The van der Waals surface area contributed by atoms with Crippen molar-refractivity contribution in [3.63, 3.8) is 0 Å². The van der Waals surface area contributed by atoms with Gasteiger partial charge in [0, 0.05) is 25.6 Å². The van der Waals surface area contributed by atoms with Crippen LogP contribution in [-0.4, -0.2) is 33.0 Å². The number of carbonyl (C=O) groups excluding carboxylic acids is 1. The lowest BCUT2D eigenvalue weighted by atomic mass is 10.2. The molecule has 118 valence electrons. The van der Waals surface area contributed by atoms with E-state index in [9.17, 15) is 4.79 Å². The van der Waals surface area contributed by atoms with Crippen molar-refractivity contribution < 1.29 is 9.53 Å². The van der Waals surface area contributed by atoms with Gasteiger partial charge < -0.3 is 15.0 Å². The molecule has 0 radical (unpaired) electrons. The lowest BCUT2D eigenvalue weighted by molar-refractivity contribution is -0.118. The molecule has 0 aliphatic rings. The number of thioether (sulfide) groups is 1. The van der Waals surface area contributed by atoms with E-state index in [4.69, 9.17) is 10.5 Å². The van der Waals surface area contributed by atoms with Gasteiger partial charge in [-0.1, -0.05) is 23.9 Å². The van der Waals surface area contributed by atoms with E-state index in [0.717, 1.165) is 22.5 Å². The smallest absolute Gasteiger partial charge is 0.217 e. The minimum absolute atomic E-state index is 0.285. The third kappa shape index (κ3) is 4.77. The number of nitrogens with two attached hydrogens (primary N) is 1. The Morgan fingerprint density at radius 3 is 2.95 bits per heavy atom. The molecule has 0 spiro atoms. The molecule has 2 aromatic rings. The van der Waals surface area contributed by atoms with Crippen LogP contribution in [0.4, 0.5) is 0 Å². The average molecular weight is 320 g/mol. The number of hydrogen-bond donors (Lipinski definition) is 1. The van der Waals surface area contributed by atoms with Crippen LogP contribution in [0.25, 0.3) is 0 Å². The number of rotatable bonds is 8. The van der Waals surface area contributed by atoms with E-state index in [1.165, 1.54) is 5.56 Å². The number of benzene rings is 1. The standard InChI is InChI=1S/C15H20N4O2S/c1-11-4-3-5-12(10-11)21-8-9-22-15-18-17-14(19(15)2)7-6-13(16)20/h3-5,10H,6-9H2,1-2H3,(H2,16,20). The molecule has 0 saturated heterocycles. The number of nitrogens with zero attached hydrogens (tertiary/aromatic N) is 3. The van der Waals surface area contributed by atoms with Crippen molar-refractivity contribution in [2.24, 2.45) is 12.8 Å². The number of aryl methyl sites for hydroxylation is 2. The molecule has 22 heavy (non-hydrogen) atoms. The quantitative estimate of drug-likeness (QED) is 0.591. The van der Waals surface area contributed by atoms with Crippen molar-refractivity contribution in [2.45, 2.75) is 24.9 Å². The predicted molar refractivity (Wildman–Crippen MR) is 85.9 cm³/mol. The molecule has 0 saturated carbocycles. The molecule has 1 aromatic heterocycles. The summed E-state index contributed by atoms with van der Waals surface area (Å²) in [5.74, 6) is 2.08. The first-order chi connectivity index (χ1) is 10.6. The maximum atomic E-state index is 10.8. The fraction of sp³-hybridized carbons (Fsp3) is 0.400. The van der Waals surface area contributed by atoms with Gasteiger partial charge in [0.15, 0.2) is 5.16 Å². The van der Waals surface area contributed by atoms with Gasteiger partial charge in [-0.2, -0.15) is 0 Å². The SMILES string of the molecule is Cc1cccc(OCCSc2nnc(CCC(N)=O)n2C)c1. The van der Waals surface area contributed by atoms with Crippen LogP contribution in [0.1, 0.15) is 17.8 Å². The Labute approximate surface area is 134 Å². The maximum Gasteiger partial charge on any atom is 0.217 e. The number of hydrogen-bond acceptors (Lipinski definition) is 5. The lowest BCUT2D eigenvalue weighted by Gasteiger charge is -2.06. The van der Waals surface area contributed by atoms with E-state index < -0.39 is 0 Å². The van der Waals surface area contributed by atoms with E-state index in [2.05, 4.69) is 10.2 Å². The topological polar surface area (TPSA) is 83.0 Å². The lowest BCUT2D eigenvalue weighted by Crippen LogP contribution is -2.12. The molecule has 1 heterocycles. The Kier molecular flexibility index (Phi) is 5.83. The van der Waals surface area contributed by atoms with Gasteiger partial charge in [0.1, 0.15) is 11.6 Å². The second-order valence-corrected chi connectivity index (χ2v) is 6.00. The zero-order chi connectivity index (χ0) is 15.9. The van der Waals surface area contributed by atoms with Crippen molar-refractivity contribution in [3.8, 4) is 5.75 Å². The van der Waals surface area contributed by atoms with Gasteiger partial charge in [-0.05, 0) is 24.6 Å². The molecule has 1 aromatic carbocycles. The highest BCUT2D eigenvalue weighted by molar-refractivity contribution is 7.99. The second-order valence-electron chi connectivity index (χ2n) is 4.94. The maximum absolute atomic E-state index is 10.8. The van der Waals surface area contributed by atoms with Gasteiger partial charge >= 0.3 is 0 Å². The molecule has 7 heteroatoms. The molecule has 2 N–H and O–H groups in total. The van der Waals surface area contributed by atoms with Crippen LogP contribution in [0.15, 0.2) is 29.4 Å². The summed E-state index contributed by atoms with van der Waals surface area (Å²) in [6, 6.07) is 7.97. The molecule has 0 unspecified atom stereocenters. The van der Waals surface area contributed by atoms with Gasteiger partial charge in [-0.25, -0.2) is 0 Å². The average Bonchev–Trinajstić information content (AvgIpc) is 2.82. The van der Waals surface area contributed by atoms with Crippen LogP contribution in [0.3, 0.4) is 0 Å². The van der Waals surface area contributed by atoms with Crippen LogP contribution in [0.5, 0.6) is 5.75 Å². The monoisotopic (exact) mass is 320 g/mol. The molecule has 0 aliphatic heterocycles. The third-order valence-corrected chi connectivity index (χ3v) is 4.08. The molecule has 2 rings (SSSR count). The summed E-state index contributed by atoms with van der Waals surface area (Å²) < 4.78 is 7.58. The van der Waals surface area contributed by atoms with Gasteiger partial charge in [-0.15, -0.1) is 10.2 Å². The Morgan fingerprint density at radius 2 is 2.23 bits per heavy atom. The van der Waals surface area contributed by atoms with Crippen molar-refractivity contribution in [2.75, 3.05) is 12.4 Å². The predicted octanol–water partition coefficient (Wildman–Crippen LogP) is 1.71. The molecule has 0 atom stereocenters. The minimum atomic E-state index is -0.330. The summed E-state index contributed by atoms with van der Waals surface area (Å²) in [4.78, 5) is 10.8. The first-order valence-electron chi connectivity index (χ1n) is 7.05. The van der Waals surface area contributed by atoms with Crippen molar-refractivity contribution in [3.05, 3.63) is 35.7 Å². The zero-order valence-electron chi connectivity index (χ0n) is 12.8. The first-order valence-corrected chi connectivity index (χ1v) is 8.03. The fourth-order valence-electron chi connectivity index (χ4n) is 1.92. The van der Waals surface area contributed by atoms with E-state index in [1.807, 2.05) is 42.8 Å². The van der Waals surface area contributed by atoms with Crippen molar-refractivity contribution in [1.82, 2.24) is 14.8 Å². The van der Waals surface area contributed by atoms with Crippen LogP contribution >= 0.6 is 11.8 Å². The van der Waals surface area contributed by atoms with E-state index in [0.29, 0.717) is 13.0 Å². The second kappa shape index (κ2) is 7.84. The normalized spacial score (nSPS) is 10.6. The fourth-order valence-corrected chi connectivity index (χ4v) is 2.67. The van der Waals surface area contributed by atoms with Crippen LogP contribution < -0.4 is 10.5 Å². The number of aromatic nitrogens is 3. The van der Waals surface area contributed by atoms with Crippen molar-refractivity contribution in [1.29, 1.82) is 0 Å². The highest BCUT2D eigenvalue weighted by atomic mass is 32.2. The largest absolute Gasteiger partial charge is 0.493 e. The van der Waals surface area contributed by atoms with E-state index in [-0.39, 0.29) is 12.3 Å². The van der Waals surface area contributed by atoms with Gasteiger partial charge in [0.2, 0.25) is 5.91 Å². The summed E-state index contributed by atoms with van der Waals surface area (Å²) >= 11 is 1.57. The van der Waals surface area contributed by atoms with Crippen LogP contribution in [0.2, 0.25) is 0 Å². The number of primary amides is 1. The summed E-state index contributed by atoms with van der Waals surface area (Å²) in [6.07, 6.45) is 0.798. The summed E-state index contributed by atoms with van der Waals surface area (Å²) in [5, 5.41) is 9.01. The molecule has 1 amide bonds. The zero-order valence-corrected chi connectivity index (χ0v) is 13.6. The van der Waals surface area contributed by atoms with Crippen molar-refractivity contribution >= 4 is 17.7 Å². The third-order valence-electron chi connectivity index (χ3n) is 3.09. The first kappa shape index (κ1) is 16.4. The molecule has 0 bridgehead atoms. The van der Waals surface area contributed by atoms with E-state index in [1.54, 1.807) is 11.8 Å². The molecule has 0 fully saturated rings. The molecular formula is C15H20N4O2S. The highest BCUT2D eigenvalue weighted by Gasteiger charge is 2.10. The van der Waals surface area contributed by atoms with Gasteiger partial charge in [0.25, 0.3) is 0 Å². The number of ether oxygens (including phenoxy) is 1. The highest BCUT2D eigenvalue weighted by Crippen LogP contribution is 2.17. The Morgan fingerprint density at radius 1 is 1.41 bits per heavy atom. The van der Waals surface area contributed by atoms with Crippen LogP contribution in [0, 0.1) is 6.92 Å². The summed E-state index contributed by atoms with van der Waals surface area (Å²) in [5.41, 5.74) is 6.32. The van der Waals surface area contributed by atoms with Crippen LogP contribution in [-0.2, 0) is 18.3 Å². The Balaban J connectivity index is 1.78. The molecule has 6 nitrogen and oxygen atoms in total. The summed E-state index contributed by atoms with van der Waals surface area (Å²) in [6.45, 7) is 2.63. The number of amides is 1. The van der Waals surface area contributed by atoms with Gasteiger partial charge in [-0.3, -0.25) is 4.79 Å². The Bertz CT molecular complexity index is 642. The molecule has 0 aliphatic carbocycles.